The molecule has 4 rings (SSSR count). The Hall–Kier alpha value is -6.76. The fourth-order valence-corrected chi connectivity index (χ4v) is 7.33. The molecule has 0 aliphatic carbocycles. The van der Waals surface area contributed by atoms with E-state index in [0.29, 0.717) is 33.9 Å². The monoisotopic (exact) mass is 874 g/mol. The number of phenolic OH excluding ortho intramolecular Hbond substituents is 1. The second-order valence-corrected chi connectivity index (χ2v) is 17.0. The Labute approximate surface area is 376 Å². The first-order valence-electron chi connectivity index (χ1n) is 21.1. The Balaban J connectivity index is 1.77. The van der Waals surface area contributed by atoms with Crippen molar-refractivity contribution in [1.82, 2.24) is 26.2 Å². The lowest BCUT2D eigenvalue weighted by Crippen LogP contribution is -2.56. The third-order valence-electron chi connectivity index (χ3n) is 10.8. The van der Waals surface area contributed by atoms with Gasteiger partial charge < -0.3 is 47.5 Å². The SMILES string of the molecule is C#CCNC(=O)C1Cc2ccc(O)c(c2)-c2cc(ccc2OCCN)C(N(C)C(=O)[C@H](CCN)NC(=O)C(=C(C)C)/C(C)=N\C(=C)c2ccc(C(C)(C)C)cc2)C(=O)N[C@@H](C)C(=O)N1. The quantitative estimate of drug-likeness (QED) is 0.0709. The van der Waals surface area contributed by atoms with Crippen LogP contribution >= 0.6 is 0 Å². The Kier molecular flexibility index (Phi) is 17.2. The highest BCUT2D eigenvalue weighted by Gasteiger charge is 2.36. The largest absolute Gasteiger partial charge is 0.507 e. The van der Waals surface area contributed by atoms with Crippen molar-refractivity contribution in [3.8, 4) is 35.0 Å². The first kappa shape index (κ1) is 49.9. The summed E-state index contributed by atoms with van der Waals surface area (Å²) in [4.78, 5) is 76.1. The number of terminal acetylenes is 1. The van der Waals surface area contributed by atoms with Crippen LogP contribution in [0.2, 0.25) is 0 Å². The van der Waals surface area contributed by atoms with Gasteiger partial charge >= 0.3 is 0 Å². The van der Waals surface area contributed by atoms with Crippen molar-refractivity contribution < 1.29 is 33.8 Å². The maximum Gasteiger partial charge on any atom is 0.253 e. The number of phenols is 1. The lowest BCUT2D eigenvalue weighted by molar-refractivity contribution is -0.142. The molecule has 0 fully saturated rings. The lowest BCUT2D eigenvalue weighted by atomic mass is 9.86. The molecule has 4 bridgehead atoms. The minimum Gasteiger partial charge on any atom is -0.507 e. The van der Waals surface area contributed by atoms with Gasteiger partial charge in [-0.25, -0.2) is 0 Å². The number of benzene rings is 3. The Morgan fingerprint density at radius 3 is 2.30 bits per heavy atom. The molecule has 0 saturated carbocycles. The zero-order valence-electron chi connectivity index (χ0n) is 38.1. The van der Waals surface area contributed by atoms with E-state index in [4.69, 9.17) is 22.6 Å². The fourth-order valence-electron chi connectivity index (χ4n) is 7.33. The highest BCUT2D eigenvalue weighted by molar-refractivity contribution is 6.22. The van der Waals surface area contributed by atoms with Crippen LogP contribution in [0.4, 0.5) is 0 Å². The predicted molar refractivity (Wildman–Crippen MR) is 250 cm³/mol. The molecule has 15 nitrogen and oxygen atoms in total. The number of likely N-dealkylation sites (N-methyl/N-ethyl adjacent to an activating group) is 1. The second-order valence-electron chi connectivity index (χ2n) is 17.0. The standard InChI is InChI=1S/C49H62N8O7/c1-11-23-52-45(60)39-26-32-12-18-40(58)36(25-32)37-27-34(15-19-41(37)64-24-22-51)43(47(62)54-31(6)44(59)56-39)57(10)48(63)38(20-21-50)55-46(61)42(28(2)3)30(5)53-29(4)33-13-16-35(17-14-33)49(7,8)9/h1,12-19,25,27,31,38-39,43,58H,4,20-24,26,50-51H2,2-3,5-10H3,(H,52,60)(H,54,62)(H,55,61)(H,56,59)/b53-30-/t31-,38-,39?,43?/m0/s1. The van der Waals surface area contributed by atoms with Crippen molar-refractivity contribution in [3.63, 3.8) is 0 Å². The van der Waals surface area contributed by atoms with Crippen molar-refractivity contribution in [2.45, 2.75) is 90.9 Å². The molecule has 1 heterocycles. The number of nitrogens with zero attached hydrogens (tertiary/aromatic N) is 2. The van der Waals surface area contributed by atoms with Gasteiger partial charge in [-0.15, -0.1) is 6.42 Å². The Morgan fingerprint density at radius 1 is 1.00 bits per heavy atom. The van der Waals surface area contributed by atoms with Gasteiger partial charge in [0.15, 0.2) is 0 Å². The van der Waals surface area contributed by atoms with E-state index >= 15 is 0 Å². The molecule has 0 spiro atoms. The van der Waals surface area contributed by atoms with Gasteiger partial charge in [-0.3, -0.25) is 29.0 Å². The van der Waals surface area contributed by atoms with Crippen LogP contribution in [-0.4, -0.2) is 96.7 Å². The number of rotatable bonds is 14. The van der Waals surface area contributed by atoms with Crippen molar-refractivity contribution in [2.24, 2.45) is 16.5 Å². The molecule has 0 radical (unpaired) electrons. The van der Waals surface area contributed by atoms with E-state index in [0.717, 1.165) is 11.1 Å². The average Bonchev–Trinajstić information content (AvgIpc) is 3.24. The molecule has 0 saturated heterocycles. The summed E-state index contributed by atoms with van der Waals surface area (Å²) < 4.78 is 5.99. The molecule has 9 N–H and O–H groups in total. The van der Waals surface area contributed by atoms with Crippen LogP contribution in [0.1, 0.15) is 83.2 Å². The van der Waals surface area contributed by atoms with Gasteiger partial charge in [-0.1, -0.05) is 75.2 Å². The van der Waals surface area contributed by atoms with Gasteiger partial charge in [-0.05, 0) is 92.6 Å². The van der Waals surface area contributed by atoms with Crippen molar-refractivity contribution in [1.29, 1.82) is 0 Å². The Morgan fingerprint density at radius 2 is 1.69 bits per heavy atom. The lowest BCUT2D eigenvalue weighted by Gasteiger charge is -2.32. The van der Waals surface area contributed by atoms with E-state index < -0.39 is 53.7 Å². The number of carbonyl (C=O) groups is 5. The van der Waals surface area contributed by atoms with E-state index in [1.807, 2.05) is 24.3 Å². The van der Waals surface area contributed by atoms with Crippen molar-refractivity contribution in [3.05, 3.63) is 101 Å². The summed E-state index contributed by atoms with van der Waals surface area (Å²) in [6, 6.07) is 12.5. The summed E-state index contributed by atoms with van der Waals surface area (Å²) in [5.41, 5.74) is 16.9. The van der Waals surface area contributed by atoms with Crippen molar-refractivity contribution >= 4 is 40.9 Å². The zero-order valence-corrected chi connectivity index (χ0v) is 38.1. The average molecular weight is 875 g/mol. The number of aliphatic imine (C=N–C) groups is 1. The minimum absolute atomic E-state index is 0.000217. The van der Waals surface area contributed by atoms with Crippen LogP contribution in [0, 0.1) is 12.3 Å². The molecule has 1 aliphatic heterocycles. The van der Waals surface area contributed by atoms with Gasteiger partial charge in [0.05, 0.1) is 23.5 Å². The molecule has 3 aromatic carbocycles. The summed E-state index contributed by atoms with van der Waals surface area (Å²) in [6.07, 6.45) is 5.38. The van der Waals surface area contributed by atoms with Crippen LogP contribution in [-0.2, 0) is 35.8 Å². The number of ether oxygens (including phenoxy) is 1. The van der Waals surface area contributed by atoms with E-state index in [-0.39, 0.29) is 66.9 Å². The third-order valence-corrected chi connectivity index (χ3v) is 10.8. The number of amides is 5. The molecule has 5 amide bonds. The van der Waals surface area contributed by atoms with Crippen LogP contribution < -0.4 is 37.5 Å². The summed E-state index contributed by atoms with van der Waals surface area (Å²) in [6.45, 7) is 17.4. The van der Waals surface area contributed by atoms with Gasteiger partial charge in [0.25, 0.3) is 5.91 Å². The van der Waals surface area contributed by atoms with E-state index in [1.165, 1.54) is 24.9 Å². The first-order valence-corrected chi connectivity index (χ1v) is 21.1. The topological polar surface area (TPSA) is 231 Å². The summed E-state index contributed by atoms with van der Waals surface area (Å²) in [5.74, 6) is -0.755. The predicted octanol–water partition coefficient (Wildman–Crippen LogP) is 3.79. The molecule has 2 unspecified atom stereocenters. The van der Waals surface area contributed by atoms with Crippen molar-refractivity contribution in [2.75, 3.05) is 33.3 Å². The summed E-state index contributed by atoms with van der Waals surface area (Å²) in [7, 11) is 1.40. The van der Waals surface area contributed by atoms with Crippen LogP contribution in [0.5, 0.6) is 11.5 Å². The minimum atomic E-state index is -1.41. The van der Waals surface area contributed by atoms with Gasteiger partial charge in [0.1, 0.15) is 42.3 Å². The normalized spacial score (nSPS) is 17.0. The molecule has 1 aliphatic rings. The summed E-state index contributed by atoms with van der Waals surface area (Å²) in [5, 5.41) is 22.1. The molecule has 0 aromatic heterocycles. The zero-order chi connectivity index (χ0) is 47.5. The molecule has 3 aromatic rings. The maximum absolute atomic E-state index is 14.7. The van der Waals surface area contributed by atoms with Crippen LogP contribution in [0.15, 0.2) is 83.4 Å². The van der Waals surface area contributed by atoms with Gasteiger partial charge in [0.2, 0.25) is 23.6 Å². The number of nitrogens with two attached hydrogens (primary N) is 2. The fraction of sp³-hybridized carbons (Fsp3) is 0.388. The van der Waals surface area contributed by atoms with Gasteiger partial charge in [-0.2, -0.15) is 0 Å². The van der Waals surface area contributed by atoms with E-state index in [1.54, 1.807) is 51.1 Å². The van der Waals surface area contributed by atoms with Gasteiger partial charge in [0, 0.05) is 31.1 Å². The van der Waals surface area contributed by atoms with Crippen LogP contribution in [0.3, 0.4) is 0 Å². The van der Waals surface area contributed by atoms with Crippen LogP contribution in [0.25, 0.3) is 16.8 Å². The first-order chi connectivity index (χ1) is 30.2. The molecular formula is C49H62N8O7. The number of fused-ring (bicyclic) bond motifs is 5. The van der Waals surface area contributed by atoms with E-state index in [2.05, 4.69) is 59.5 Å². The molecule has 15 heteroatoms. The number of carbonyl (C=O) groups excluding carboxylic acids is 5. The maximum atomic E-state index is 14.7. The molecule has 64 heavy (non-hydrogen) atoms. The number of allylic oxidation sites excluding steroid dienone is 1. The molecule has 4 atom stereocenters. The Bertz CT molecular complexity index is 2350. The third kappa shape index (κ3) is 12.5. The highest BCUT2D eigenvalue weighted by atomic mass is 16.5. The number of hydrogen-bond acceptors (Lipinski definition) is 10. The number of aromatic hydroxyl groups is 1. The summed E-state index contributed by atoms with van der Waals surface area (Å²) >= 11 is 0. The molecular weight excluding hydrogens is 813 g/mol. The molecule has 340 valence electrons. The second kappa shape index (κ2) is 22.0. The smallest absolute Gasteiger partial charge is 0.253 e. The number of nitrogens with one attached hydrogen (secondary N) is 4. The highest BCUT2D eigenvalue weighted by Crippen LogP contribution is 2.39. The van der Waals surface area contributed by atoms with E-state index in [9.17, 15) is 29.1 Å². The number of hydrogen-bond donors (Lipinski definition) is 7.